The van der Waals surface area contributed by atoms with Crippen LogP contribution in [-0.4, -0.2) is 42.6 Å². The van der Waals surface area contributed by atoms with Gasteiger partial charge in [-0.1, -0.05) is 35.5 Å². The molecule has 2 unspecified atom stereocenters. The summed E-state index contributed by atoms with van der Waals surface area (Å²) in [6.07, 6.45) is 2.13. The van der Waals surface area contributed by atoms with Crippen LogP contribution in [0.2, 0.25) is 0 Å². The zero-order chi connectivity index (χ0) is 21.5. The third-order valence-corrected chi connectivity index (χ3v) is 5.79. The highest BCUT2D eigenvalue weighted by molar-refractivity contribution is 5.83. The van der Waals surface area contributed by atoms with E-state index in [0.29, 0.717) is 36.8 Å². The van der Waals surface area contributed by atoms with Crippen LogP contribution in [-0.2, 0) is 13.6 Å². The molecule has 0 spiro atoms. The molecule has 2 aromatic heterocycles. The Hall–Kier alpha value is -3.24. The van der Waals surface area contributed by atoms with Crippen LogP contribution in [0.25, 0.3) is 22.3 Å². The number of likely N-dealkylation sites (tertiary alicyclic amines) is 1. The van der Waals surface area contributed by atoms with E-state index in [1.807, 2.05) is 19.2 Å². The van der Waals surface area contributed by atoms with E-state index >= 15 is 0 Å². The first-order valence-corrected chi connectivity index (χ1v) is 10.0. The second kappa shape index (κ2) is 7.78. The average molecular weight is 420 g/mol. The summed E-state index contributed by atoms with van der Waals surface area (Å²) in [4.78, 5) is 6.66. The molecule has 1 fully saturated rings. The highest BCUT2D eigenvalue weighted by Gasteiger charge is 2.36. The van der Waals surface area contributed by atoms with E-state index in [-0.39, 0.29) is 17.0 Å². The van der Waals surface area contributed by atoms with Crippen LogP contribution in [0.15, 0.2) is 59.3 Å². The summed E-state index contributed by atoms with van der Waals surface area (Å²) < 4.78 is 7.64. The third kappa shape index (κ3) is 3.68. The molecule has 0 bridgehead atoms. The van der Waals surface area contributed by atoms with Gasteiger partial charge in [0.2, 0.25) is 11.7 Å². The number of β-amino-alcohol motifs (C(OH)–C–C–N with tert-alkyl or cyclic N) is 1. The summed E-state index contributed by atoms with van der Waals surface area (Å²) in [5, 5.41) is 35.7. The largest absolute Gasteiger partial charge is 0.733 e. The van der Waals surface area contributed by atoms with E-state index in [9.17, 15) is 10.3 Å². The standard InChI is InChI=1S/C22H22N5O4/c1-25-11-15(18-7-2-3-8-19(18)25)12-26-13-17(28)10-20(26)22-23-21(24-31-22)14-5-4-6-16(9-14)27(29)30/h2-9,11,17,20,28-29H,10,12-13H2,1H3/q-1. The number of para-hydroxylation sites is 1. The number of hydrogen-bond acceptors (Lipinski definition) is 8. The minimum Gasteiger partial charge on any atom is -0.733 e. The molecule has 0 saturated carbocycles. The third-order valence-electron chi connectivity index (χ3n) is 5.79. The number of hydrogen-bond donors (Lipinski definition) is 2. The smallest absolute Gasteiger partial charge is 0.244 e. The van der Waals surface area contributed by atoms with E-state index in [4.69, 9.17) is 9.73 Å². The fourth-order valence-electron chi connectivity index (χ4n) is 4.33. The molecule has 2 N–H and O–H groups in total. The van der Waals surface area contributed by atoms with Crippen LogP contribution >= 0.6 is 0 Å². The number of benzene rings is 2. The van der Waals surface area contributed by atoms with E-state index in [1.54, 1.807) is 12.1 Å². The van der Waals surface area contributed by atoms with Gasteiger partial charge in [-0.2, -0.15) is 4.98 Å². The summed E-state index contributed by atoms with van der Waals surface area (Å²) in [6.45, 7) is 1.16. The molecule has 1 aliphatic heterocycles. The van der Waals surface area contributed by atoms with Gasteiger partial charge in [0, 0.05) is 42.8 Å². The Labute approximate surface area is 178 Å². The normalized spacial score (nSPS) is 19.4. The Morgan fingerprint density at radius 2 is 2.06 bits per heavy atom. The summed E-state index contributed by atoms with van der Waals surface area (Å²) in [5.74, 6) is 0.741. The zero-order valence-corrected chi connectivity index (χ0v) is 16.9. The van der Waals surface area contributed by atoms with Crippen molar-refractivity contribution in [3.05, 3.63) is 71.4 Å². The molecule has 2 aromatic carbocycles. The lowest BCUT2D eigenvalue weighted by Gasteiger charge is -2.21. The second-order valence-electron chi connectivity index (χ2n) is 7.90. The minimum absolute atomic E-state index is 0.0812. The second-order valence-corrected chi connectivity index (χ2v) is 7.90. The molecule has 160 valence electrons. The van der Waals surface area contributed by atoms with Crippen molar-refractivity contribution < 1.29 is 14.8 Å². The zero-order valence-electron chi connectivity index (χ0n) is 16.9. The number of aromatic nitrogens is 3. The predicted octanol–water partition coefficient (Wildman–Crippen LogP) is 3.23. The van der Waals surface area contributed by atoms with Gasteiger partial charge in [-0.15, -0.1) is 0 Å². The van der Waals surface area contributed by atoms with E-state index < -0.39 is 6.10 Å². The monoisotopic (exact) mass is 420 g/mol. The van der Waals surface area contributed by atoms with E-state index in [2.05, 4.69) is 37.9 Å². The number of aliphatic hydroxyl groups excluding tert-OH is 1. The Morgan fingerprint density at radius 3 is 2.90 bits per heavy atom. The molecule has 31 heavy (non-hydrogen) atoms. The topological polar surface area (TPSA) is 114 Å². The molecular weight excluding hydrogens is 398 g/mol. The molecule has 1 aliphatic rings. The van der Waals surface area contributed by atoms with Gasteiger partial charge in [-0.3, -0.25) is 10.1 Å². The van der Waals surface area contributed by atoms with E-state index in [0.717, 1.165) is 5.52 Å². The lowest BCUT2D eigenvalue weighted by Crippen LogP contribution is -2.24. The molecular formula is C22H22N5O4-. The van der Waals surface area contributed by atoms with Crippen LogP contribution in [0.5, 0.6) is 0 Å². The van der Waals surface area contributed by atoms with Crippen molar-refractivity contribution in [1.82, 2.24) is 19.6 Å². The first-order valence-electron chi connectivity index (χ1n) is 10.0. The van der Waals surface area contributed by atoms with Gasteiger partial charge in [0.15, 0.2) is 0 Å². The van der Waals surface area contributed by atoms with Gasteiger partial charge in [-0.25, -0.2) is 0 Å². The number of aliphatic hydroxyl groups is 1. The Morgan fingerprint density at radius 1 is 1.23 bits per heavy atom. The summed E-state index contributed by atoms with van der Waals surface area (Å²) in [6, 6.07) is 14.4. The molecule has 9 heteroatoms. The Bertz CT molecular complexity index is 1220. The Kier molecular flexibility index (Phi) is 4.95. The van der Waals surface area contributed by atoms with Crippen LogP contribution in [0.4, 0.5) is 5.69 Å². The molecule has 0 radical (unpaired) electrons. The molecule has 1 saturated heterocycles. The quantitative estimate of drug-likeness (QED) is 0.473. The fraction of sp³-hybridized carbons (Fsp3) is 0.273. The number of fused-ring (bicyclic) bond motifs is 1. The molecule has 4 aromatic rings. The predicted molar refractivity (Wildman–Crippen MR) is 114 cm³/mol. The van der Waals surface area contributed by atoms with Gasteiger partial charge in [0.25, 0.3) is 0 Å². The summed E-state index contributed by atoms with van der Waals surface area (Å²) in [7, 11) is 2.02. The highest BCUT2D eigenvalue weighted by atomic mass is 16.8. The van der Waals surface area contributed by atoms with Crippen LogP contribution < -0.4 is 5.23 Å². The maximum atomic E-state index is 11.2. The van der Waals surface area contributed by atoms with Gasteiger partial charge in [0.1, 0.15) is 0 Å². The molecule has 0 aliphatic carbocycles. The van der Waals surface area contributed by atoms with E-state index in [1.165, 1.54) is 23.1 Å². The highest BCUT2D eigenvalue weighted by Crippen LogP contribution is 2.35. The number of rotatable bonds is 5. The Balaban J connectivity index is 1.42. The summed E-state index contributed by atoms with van der Waals surface area (Å²) in [5.41, 5.74) is 2.97. The molecule has 3 heterocycles. The number of nitrogens with zero attached hydrogens (tertiary/aromatic N) is 5. The SMILES string of the molecule is Cn1cc(CN2CC(O)CC2c2nc(-c3cccc(N([O-])O)c3)no2)c2ccccc21. The molecule has 5 rings (SSSR count). The van der Waals surface area contributed by atoms with Crippen LogP contribution in [0.3, 0.4) is 0 Å². The van der Waals surface area contributed by atoms with Gasteiger partial charge >= 0.3 is 0 Å². The van der Waals surface area contributed by atoms with Crippen LogP contribution in [0.1, 0.15) is 23.9 Å². The molecule has 9 nitrogen and oxygen atoms in total. The fourth-order valence-corrected chi connectivity index (χ4v) is 4.33. The van der Waals surface area contributed by atoms with Gasteiger partial charge in [0.05, 0.1) is 17.8 Å². The number of aryl methyl sites for hydroxylation is 1. The van der Waals surface area contributed by atoms with Crippen molar-refractivity contribution in [2.45, 2.75) is 25.1 Å². The minimum atomic E-state index is -0.484. The first kappa shape index (κ1) is 19.7. The first-order chi connectivity index (χ1) is 15.0. The molecule has 2 atom stereocenters. The summed E-state index contributed by atoms with van der Waals surface area (Å²) >= 11 is 0. The van der Waals surface area contributed by atoms with Gasteiger partial charge < -0.3 is 24.6 Å². The molecule has 0 amide bonds. The van der Waals surface area contributed by atoms with Crippen LogP contribution in [0, 0.1) is 5.21 Å². The average Bonchev–Trinajstić information content (AvgIpc) is 3.47. The van der Waals surface area contributed by atoms with Crippen molar-refractivity contribution in [1.29, 1.82) is 0 Å². The lowest BCUT2D eigenvalue weighted by atomic mass is 10.1. The van der Waals surface area contributed by atoms with Crippen molar-refractivity contribution in [3.8, 4) is 11.4 Å². The van der Waals surface area contributed by atoms with Crippen molar-refractivity contribution in [3.63, 3.8) is 0 Å². The van der Waals surface area contributed by atoms with Crippen molar-refractivity contribution >= 4 is 16.6 Å². The maximum Gasteiger partial charge on any atom is 0.244 e. The van der Waals surface area contributed by atoms with Gasteiger partial charge in [-0.05, 0) is 30.2 Å². The van der Waals surface area contributed by atoms with Crippen molar-refractivity contribution in [2.75, 3.05) is 11.8 Å². The lowest BCUT2D eigenvalue weighted by molar-refractivity contribution is 0.169. The maximum absolute atomic E-state index is 11.2. The van der Waals surface area contributed by atoms with Crippen molar-refractivity contribution in [2.24, 2.45) is 7.05 Å². The number of anilines is 1.